The number of rotatable bonds is 14. The van der Waals surface area contributed by atoms with E-state index in [1.807, 2.05) is 6.92 Å². The van der Waals surface area contributed by atoms with Crippen LogP contribution < -0.4 is 10.2 Å². The molecule has 0 aromatic carbocycles. The average molecular weight is 515 g/mol. The normalized spacial score (nSPS) is 23.2. The Balaban J connectivity index is 1.09. The first-order chi connectivity index (χ1) is 18.0. The molecule has 2 atom stereocenters. The van der Waals surface area contributed by atoms with Gasteiger partial charge in [-0.1, -0.05) is 19.3 Å². The summed E-state index contributed by atoms with van der Waals surface area (Å²) in [6.45, 7) is 13.9. The summed E-state index contributed by atoms with van der Waals surface area (Å²) in [6, 6.07) is 1.76. The van der Waals surface area contributed by atoms with Crippen molar-refractivity contribution in [2.75, 3.05) is 57.4 Å². The number of piperidine rings is 1. The van der Waals surface area contributed by atoms with Crippen molar-refractivity contribution >= 4 is 11.9 Å². The number of likely N-dealkylation sites (tertiary alicyclic amines) is 2. The van der Waals surface area contributed by atoms with Crippen LogP contribution in [0.15, 0.2) is 12.4 Å². The number of aromatic nitrogens is 2. The molecule has 4 heterocycles. The SMILES string of the molecule is CCOCC(=O)NCCCCCCCN1CCC(c2cnc(N3C4CCC3CN(C(C)C)C4)nc2)CC1. The zero-order valence-corrected chi connectivity index (χ0v) is 23.5. The first-order valence-electron chi connectivity index (χ1n) is 15.0. The molecule has 0 spiro atoms. The molecule has 1 aromatic heterocycles. The van der Waals surface area contributed by atoms with Crippen LogP contribution in [0.3, 0.4) is 0 Å². The quantitative estimate of drug-likeness (QED) is 0.378. The number of fused-ring (bicyclic) bond motifs is 2. The van der Waals surface area contributed by atoms with Crippen molar-refractivity contribution in [2.24, 2.45) is 0 Å². The highest BCUT2D eigenvalue weighted by molar-refractivity contribution is 5.77. The van der Waals surface area contributed by atoms with Crippen LogP contribution in [-0.4, -0.2) is 96.3 Å². The van der Waals surface area contributed by atoms with E-state index >= 15 is 0 Å². The number of piperazine rings is 1. The maximum absolute atomic E-state index is 11.5. The van der Waals surface area contributed by atoms with Gasteiger partial charge in [-0.3, -0.25) is 9.69 Å². The van der Waals surface area contributed by atoms with Gasteiger partial charge in [-0.05, 0) is 90.4 Å². The molecular formula is C29H50N6O2. The third-order valence-electron chi connectivity index (χ3n) is 8.60. The van der Waals surface area contributed by atoms with E-state index < -0.39 is 0 Å². The van der Waals surface area contributed by atoms with Gasteiger partial charge in [-0.2, -0.15) is 0 Å². The van der Waals surface area contributed by atoms with Gasteiger partial charge in [0, 0.05) is 56.8 Å². The number of unbranched alkanes of at least 4 members (excludes halogenated alkanes) is 4. The molecule has 2 bridgehead atoms. The van der Waals surface area contributed by atoms with Gasteiger partial charge in [-0.25, -0.2) is 9.97 Å². The van der Waals surface area contributed by atoms with Gasteiger partial charge >= 0.3 is 0 Å². The summed E-state index contributed by atoms with van der Waals surface area (Å²) in [7, 11) is 0. The van der Waals surface area contributed by atoms with E-state index in [0.717, 1.165) is 32.0 Å². The Morgan fingerprint density at radius 2 is 1.65 bits per heavy atom. The van der Waals surface area contributed by atoms with Crippen LogP contribution in [0.4, 0.5) is 5.95 Å². The molecule has 0 aliphatic carbocycles. The van der Waals surface area contributed by atoms with Crippen molar-refractivity contribution in [2.45, 2.75) is 103 Å². The van der Waals surface area contributed by atoms with E-state index in [1.54, 1.807) is 0 Å². The van der Waals surface area contributed by atoms with Gasteiger partial charge in [0.05, 0.1) is 0 Å². The van der Waals surface area contributed by atoms with Crippen molar-refractivity contribution in [1.29, 1.82) is 0 Å². The number of amides is 1. The molecule has 1 N–H and O–H groups in total. The molecule has 3 saturated heterocycles. The van der Waals surface area contributed by atoms with Crippen molar-refractivity contribution in [1.82, 2.24) is 25.1 Å². The van der Waals surface area contributed by atoms with E-state index in [1.165, 1.54) is 76.6 Å². The molecule has 8 heteroatoms. The van der Waals surface area contributed by atoms with Crippen LogP contribution in [-0.2, 0) is 9.53 Å². The summed E-state index contributed by atoms with van der Waals surface area (Å²) >= 11 is 0. The van der Waals surface area contributed by atoms with Crippen LogP contribution in [0, 0.1) is 0 Å². The molecule has 1 amide bonds. The Bertz CT molecular complexity index is 797. The minimum absolute atomic E-state index is 0.000173. The summed E-state index contributed by atoms with van der Waals surface area (Å²) in [6.07, 6.45) is 15.2. The topological polar surface area (TPSA) is 73.8 Å². The Hall–Kier alpha value is -1.77. The molecule has 8 nitrogen and oxygen atoms in total. The van der Waals surface area contributed by atoms with E-state index in [4.69, 9.17) is 14.7 Å². The van der Waals surface area contributed by atoms with Crippen molar-refractivity contribution in [3.05, 3.63) is 18.0 Å². The van der Waals surface area contributed by atoms with E-state index in [2.05, 4.69) is 46.3 Å². The third-order valence-corrected chi connectivity index (χ3v) is 8.60. The van der Waals surface area contributed by atoms with Crippen LogP contribution in [0.2, 0.25) is 0 Å². The van der Waals surface area contributed by atoms with Crippen LogP contribution in [0.5, 0.6) is 0 Å². The molecular weight excluding hydrogens is 464 g/mol. The number of nitrogens with one attached hydrogen (secondary N) is 1. The molecule has 3 aliphatic heterocycles. The zero-order valence-electron chi connectivity index (χ0n) is 23.5. The Labute approximate surface area is 224 Å². The predicted molar refractivity (Wildman–Crippen MR) is 149 cm³/mol. The minimum Gasteiger partial charge on any atom is -0.372 e. The summed E-state index contributed by atoms with van der Waals surface area (Å²) in [4.78, 5) is 29.0. The van der Waals surface area contributed by atoms with Gasteiger partial charge in [0.15, 0.2) is 0 Å². The number of hydrogen-bond donors (Lipinski definition) is 1. The van der Waals surface area contributed by atoms with Gasteiger partial charge in [0.1, 0.15) is 6.61 Å². The molecule has 2 unspecified atom stereocenters. The lowest BCUT2D eigenvalue weighted by atomic mass is 9.91. The fourth-order valence-electron chi connectivity index (χ4n) is 6.31. The van der Waals surface area contributed by atoms with Gasteiger partial charge in [-0.15, -0.1) is 0 Å². The van der Waals surface area contributed by atoms with Crippen molar-refractivity contribution < 1.29 is 9.53 Å². The number of nitrogens with zero attached hydrogens (tertiary/aromatic N) is 5. The van der Waals surface area contributed by atoms with E-state index in [-0.39, 0.29) is 12.5 Å². The summed E-state index contributed by atoms with van der Waals surface area (Å²) < 4.78 is 5.11. The Morgan fingerprint density at radius 3 is 2.30 bits per heavy atom. The fourth-order valence-corrected chi connectivity index (χ4v) is 6.31. The highest BCUT2D eigenvalue weighted by Gasteiger charge is 2.41. The molecule has 0 saturated carbocycles. The maximum atomic E-state index is 11.5. The largest absolute Gasteiger partial charge is 0.372 e. The molecule has 1 aromatic rings. The zero-order chi connectivity index (χ0) is 26.0. The summed E-state index contributed by atoms with van der Waals surface area (Å²) in [5.74, 6) is 1.54. The predicted octanol–water partition coefficient (Wildman–Crippen LogP) is 3.82. The molecule has 3 aliphatic rings. The lowest BCUT2D eigenvalue weighted by Gasteiger charge is -2.42. The van der Waals surface area contributed by atoms with Gasteiger partial charge < -0.3 is 19.9 Å². The highest BCUT2D eigenvalue weighted by Crippen LogP contribution is 2.34. The Kier molecular flexibility index (Phi) is 11.0. The lowest BCUT2D eigenvalue weighted by Crippen LogP contribution is -2.56. The van der Waals surface area contributed by atoms with E-state index in [0.29, 0.717) is 30.7 Å². The van der Waals surface area contributed by atoms with Crippen molar-refractivity contribution in [3.8, 4) is 0 Å². The molecule has 0 radical (unpaired) electrons. The van der Waals surface area contributed by atoms with Gasteiger partial charge in [0.2, 0.25) is 11.9 Å². The van der Waals surface area contributed by atoms with E-state index in [9.17, 15) is 4.79 Å². The molecule has 3 fully saturated rings. The average Bonchev–Trinajstić information content (AvgIpc) is 3.17. The molecule has 4 rings (SSSR count). The number of ether oxygens (including phenoxy) is 1. The second-order valence-electron chi connectivity index (χ2n) is 11.5. The number of carbonyl (C=O) groups is 1. The second-order valence-corrected chi connectivity index (χ2v) is 11.5. The highest BCUT2D eigenvalue weighted by atomic mass is 16.5. The summed E-state index contributed by atoms with van der Waals surface area (Å²) in [5, 5.41) is 2.92. The number of carbonyl (C=O) groups excluding carboxylic acids is 1. The first kappa shape index (κ1) is 28.2. The monoisotopic (exact) mass is 514 g/mol. The maximum Gasteiger partial charge on any atom is 0.245 e. The minimum atomic E-state index is -0.000173. The number of hydrogen-bond acceptors (Lipinski definition) is 7. The molecule has 208 valence electrons. The Morgan fingerprint density at radius 1 is 1.00 bits per heavy atom. The standard InChI is InChI=1S/C29H50N6O2/c1-4-37-22-28(36)30-14-8-6-5-7-9-15-33-16-12-24(13-17-33)25-18-31-29(32-19-25)35-26-10-11-27(35)21-34(20-26)23(2)3/h18-19,23-24,26-27H,4-17,20-22H2,1-3H3,(H,30,36). The van der Waals surface area contributed by atoms with Crippen LogP contribution in [0.1, 0.15) is 90.0 Å². The third kappa shape index (κ3) is 8.11. The second kappa shape index (κ2) is 14.4. The van der Waals surface area contributed by atoms with Crippen LogP contribution in [0.25, 0.3) is 0 Å². The number of anilines is 1. The lowest BCUT2D eigenvalue weighted by molar-refractivity contribution is -0.125. The van der Waals surface area contributed by atoms with Crippen molar-refractivity contribution in [3.63, 3.8) is 0 Å². The van der Waals surface area contributed by atoms with Crippen LogP contribution >= 0.6 is 0 Å². The van der Waals surface area contributed by atoms with Gasteiger partial charge in [0.25, 0.3) is 0 Å². The molecule has 37 heavy (non-hydrogen) atoms. The first-order valence-corrected chi connectivity index (χ1v) is 15.0. The fraction of sp³-hybridized carbons (Fsp3) is 0.828. The smallest absolute Gasteiger partial charge is 0.245 e. The summed E-state index contributed by atoms with van der Waals surface area (Å²) in [5.41, 5.74) is 1.32.